The zero-order valence-corrected chi connectivity index (χ0v) is 7.64. The van der Waals surface area contributed by atoms with Crippen molar-refractivity contribution in [3.8, 4) is 11.8 Å². The van der Waals surface area contributed by atoms with Crippen molar-refractivity contribution < 1.29 is 0 Å². The lowest BCUT2D eigenvalue weighted by atomic mass is 10.2. The number of nitrogens with two attached hydrogens (primary N) is 1. The van der Waals surface area contributed by atoms with Gasteiger partial charge in [0.05, 0.1) is 0 Å². The average molecular weight is 177 g/mol. The fraction of sp³-hybridized carbons (Fsp3) is 0.200. The maximum Gasteiger partial charge on any atom is 0.0378 e. The molecule has 0 aliphatic rings. The van der Waals surface area contributed by atoms with E-state index in [2.05, 4.69) is 24.5 Å². The van der Waals surface area contributed by atoms with E-state index < -0.39 is 0 Å². The molecule has 62 valence electrons. The first-order valence-corrected chi connectivity index (χ1v) is 4.26. The highest BCUT2D eigenvalue weighted by molar-refractivity contribution is 7.80. The van der Waals surface area contributed by atoms with Gasteiger partial charge in [-0.15, -0.1) is 12.6 Å². The maximum absolute atomic E-state index is 5.31. The van der Waals surface area contributed by atoms with E-state index in [9.17, 15) is 0 Å². The van der Waals surface area contributed by atoms with Crippen LogP contribution in [0.2, 0.25) is 0 Å². The third kappa shape index (κ3) is 2.61. The zero-order chi connectivity index (χ0) is 8.81. The van der Waals surface area contributed by atoms with Crippen LogP contribution >= 0.6 is 12.6 Å². The second kappa shape index (κ2) is 4.87. The van der Waals surface area contributed by atoms with E-state index in [1.807, 2.05) is 24.3 Å². The van der Waals surface area contributed by atoms with Crippen LogP contribution in [0.1, 0.15) is 12.0 Å². The second-order valence-corrected chi connectivity index (χ2v) is 2.84. The smallest absolute Gasteiger partial charge is 0.0378 e. The Morgan fingerprint density at radius 1 is 1.33 bits per heavy atom. The Hall–Kier alpha value is -0.910. The largest absolute Gasteiger partial charge is 0.330 e. The van der Waals surface area contributed by atoms with Crippen LogP contribution in [0.5, 0.6) is 0 Å². The lowest BCUT2D eigenvalue weighted by Gasteiger charge is -1.93. The molecule has 0 spiro atoms. The van der Waals surface area contributed by atoms with Gasteiger partial charge in [0.1, 0.15) is 0 Å². The molecule has 0 heterocycles. The van der Waals surface area contributed by atoms with Crippen molar-refractivity contribution in [2.45, 2.75) is 11.3 Å². The third-order valence-corrected chi connectivity index (χ3v) is 1.79. The number of thiol groups is 1. The van der Waals surface area contributed by atoms with Crippen molar-refractivity contribution >= 4 is 12.6 Å². The average Bonchev–Trinajstić information content (AvgIpc) is 2.09. The predicted octanol–water partition coefficient (Wildman–Crippen LogP) is 1.68. The molecule has 0 aliphatic carbocycles. The number of benzene rings is 1. The van der Waals surface area contributed by atoms with Crippen LogP contribution < -0.4 is 5.73 Å². The first-order chi connectivity index (χ1) is 5.84. The zero-order valence-electron chi connectivity index (χ0n) is 6.75. The van der Waals surface area contributed by atoms with Crippen molar-refractivity contribution in [2.24, 2.45) is 5.73 Å². The molecule has 12 heavy (non-hydrogen) atoms. The minimum atomic E-state index is 0.613. The molecule has 0 radical (unpaired) electrons. The Bertz CT molecular complexity index is 309. The first kappa shape index (κ1) is 9.18. The van der Waals surface area contributed by atoms with Crippen LogP contribution in [0.3, 0.4) is 0 Å². The number of hydrogen-bond donors (Lipinski definition) is 2. The highest BCUT2D eigenvalue weighted by Gasteiger charge is 1.90. The molecule has 0 fully saturated rings. The van der Waals surface area contributed by atoms with Gasteiger partial charge in [-0.3, -0.25) is 0 Å². The fourth-order valence-electron chi connectivity index (χ4n) is 0.809. The Balaban J connectivity index is 2.77. The Kier molecular flexibility index (Phi) is 3.72. The lowest BCUT2D eigenvalue weighted by molar-refractivity contribution is 1.03. The predicted molar refractivity (Wildman–Crippen MR) is 54.2 cm³/mol. The summed E-state index contributed by atoms with van der Waals surface area (Å²) in [6.07, 6.45) is 0.738. The third-order valence-electron chi connectivity index (χ3n) is 1.40. The molecular weight excluding hydrogens is 166 g/mol. The molecule has 1 nitrogen and oxygen atoms in total. The van der Waals surface area contributed by atoms with Gasteiger partial charge in [0, 0.05) is 23.4 Å². The van der Waals surface area contributed by atoms with Crippen LogP contribution in [0.25, 0.3) is 0 Å². The SMILES string of the molecule is NCCC#Cc1ccccc1S. The molecule has 0 atom stereocenters. The topological polar surface area (TPSA) is 26.0 Å². The summed E-state index contributed by atoms with van der Waals surface area (Å²) in [5.41, 5.74) is 6.28. The maximum atomic E-state index is 5.31. The van der Waals surface area contributed by atoms with Crippen LogP contribution in [-0.2, 0) is 0 Å². The van der Waals surface area contributed by atoms with E-state index in [1.165, 1.54) is 0 Å². The van der Waals surface area contributed by atoms with Gasteiger partial charge < -0.3 is 5.73 Å². The van der Waals surface area contributed by atoms with Crippen LogP contribution in [0.15, 0.2) is 29.2 Å². The van der Waals surface area contributed by atoms with Gasteiger partial charge in [-0.05, 0) is 12.1 Å². The van der Waals surface area contributed by atoms with Gasteiger partial charge in [0.2, 0.25) is 0 Å². The molecule has 2 heteroatoms. The Morgan fingerprint density at radius 3 is 2.75 bits per heavy atom. The summed E-state index contributed by atoms with van der Waals surface area (Å²) in [4.78, 5) is 0.919. The summed E-state index contributed by atoms with van der Waals surface area (Å²) in [5, 5.41) is 0. The summed E-state index contributed by atoms with van der Waals surface area (Å²) in [6.45, 7) is 0.613. The van der Waals surface area contributed by atoms with Crippen LogP contribution in [0, 0.1) is 11.8 Å². The van der Waals surface area contributed by atoms with Crippen molar-refractivity contribution in [3.63, 3.8) is 0 Å². The molecule has 2 N–H and O–H groups in total. The van der Waals surface area contributed by atoms with Gasteiger partial charge in [-0.25, -0.2) is 0 Å². The molecule has 0 unspecified atom stereocenters. The second-order valence-electron chi connectivity index (χ2n) is 2.36. The molecule has 1 aromatic carbocycles. The Labute approximate surface area is 78.4 Å². The minimum Gasteiger partial charge on any atom is -0.330 e. The molecular formula is C10H11NS. The van der Waals surface area contributed by atoms with Crippen molar-refractivity contribution in [1.29, 1.82) is 0 Å². The fourth-order valence-corrected chi connectivity index (χ4v) is 1.03. The summed E-state index contributed by atoms with van der Waals surface area (Å²) in [5.74, 6) is 5.98. The van der Waals surface area contributed by atoms with Gasteiger partial charge >= 0.3 is 0 Å². The summed E-state index contributed by atoms with van der Waals surface area (Å²) < 4.78 is 0. The molecule has 0 bridgehead atoms. The minimum absolute atomic E-state index is 0.613. The molecule has 0 aromatic heterocycles. The number of rotatable bonds is 1. The Morgan fingerprint density at radius 2 is 2.08 bits per heavy atom. The van der Waals surface area contributed by atoms with E-state index >= 15 is 0 Å². The van der Waals surface area contributed by atoms with Gasteiger partial charge in [-0.1, -0.05) is 24.0 Å². The highest BCUT2D eigenvalue weighted by Crippen LogP contribution is 2.10. The molecule has 1 aromatic rings. The van der Waals surface area contributed by atoms with E-state index in [4.69, 9.17) is 5.73 Å². The van der Waals surface area contributed by atoms with Crippen LogP contribution in [-0.4, -0.2) is 6.54 Å². The molecule has 0 amide bonds. The van der Waals surface area contributed by atoms with Crippen molar-refractivity contribution in [3.05, 3.63) is 29.8 Å². The lowest BCUT2D eigenvalue weighted by Crippen LogP contribution is -1.95. The van der Waals surface area contributed by atoms with Gasteiger partial charge in [-0.2, -0.15) is 0 Å². The van der Waals surface area contributed by atoms with Crippen LogP contribution in [0.4, 0.5) is 0 Å². The normalized spacial score (nSPS) is 8.83. The molecule has 0 aliphatic heterocycles. The number of hydrogen-bond acceptors (Lipinski definition) is 2. The molecule has 1 rings (SSSR count). The summed E-state index contributed by atoms with van der Waals surface area (Å²) in [6, 6.07) is 7.77. The van der Waals surface area contributed by atoms with Crippen molar-refractivity contribution in [1.82, 2.24) is 0 Å². The monoisotopic (exact) mass is 177 g/mol. The standard InChI is InChI=1S/C10H11NS/c11-8-4-3-6-9-5-1-2-7-10(9)12/h1-2,5,7,12H,4,8,11H2. The summed E-state index contributed by atoms with van der Waals surface area (Å²) >= 11 is 4.27. The molecule has 0 saturated heterocycles. The van der Waals surface area contributed by atoms with Gasteiger partial charge in [0.15, 0.2) is 0 Å². The van der Waals surface area contributed by atoms with E-state index in [1.54, 1.807) is 0 Å². The first-order valence-electron chi connectivity index (χ1n) is 3.81. The molecule has 0 saturated carbocycles. The van der Waals surface area contributed by atoms with E-state index in [0.29, 0.717) is 6.54 Å². The highest BCUT2D eigenvalue weighted by atomic mass is 32.1. The quantitative estimate of drug-likeness (QED) is 0.495. The van der Waals surface area contributed by atoms with E-state index in [-0.39, 0.29) is 0 Å². The van der Waals surface area contributed by atoms with Crippen molar-refractivity contribution in [2.75, 3.05) is 6.54 Å². The van der Waals surface area contributed by atoms with E-state index in [0.717, 1.165) is 16.9 Å². The van der Waals surface area contributed by atoms with Gasteiger partial charge in [0.25, 0.3) is 0 Å². The summed E-state index contributed by atoms with van der Waals surface area (Å²) in [7, 11) is 0.